The molecule has 2 saturated heterocycles. The molecule has 162 valence electrons. The Hall–Kier alpha value is -2.66. The van der Waals surface area contributed by atoms with Gasteiger partial charge in [-0.2, -0.15) is 18.3 Å². The van der Waals surface area contributed by atoms with Gasteiger partial charge in [0.25, 0.3) is 5.91 Å². The third kappa shape index (κ3) is 4.41. The SMILES string of the molecule is O=C(c1[nH]ncc1CN1CCN(c2ccc(C(F)(F)F)cn2)CC1)N1CCC(O)C1. The zero-order valence-corrected chi connectivity index (χ0v) is 16.3. The van der Waals surface area contributed by atoms with Gasteiger partial charge in [0.05, 0.1) is 17.9 Å². The molecule has 2 aromatic heterocycles. The number of carbonyl (C=O) groups is 1. The van der Waals surface area contributed by atoms with Gasteiger partial charge in [-0.15, -0.1) is 0 Å². The summed E-state index contributed by atoms with van der Waals surface area (Å²) in [6.07, 6.45) is -1.79. The average molecular weight is 424 g/mol. The van der Waals surface area contributed by atoms with Gasteiger partial charge in [-0.05, 0) is 18.6 Å². The van der Waals surface area contributed by atoms with E-state index in [0.29, 0.717) is 63.7 Å². The Bertz CT molecular complexity index is 877. The van der Waals surface area contributed by atoms with Gasteiger partial charge in [-0.1, -0.05) is 0 Å². The summed E-state index contributed by atoms with van der Waals surface area (Å²) < 4.78 is 38.1. The number of aromatic amines is 1. The molecule has 4 heterocycles. The van der Waals surface area contributed by atoms with Crippen LogP contribution in [0.4, 0.5) is 19.0 Å². The van der Waals surface area contributed by atoms with Crippen LogP contribution >= 0.6 is 0 Å². The standard InChI is InChI=1S/C19H23F3N6O2/c20-19(21,22)14-1-2-16(23-10-14)27-7-5-26(6-8-27)11-13-9-24-25-17(13)18(30)28-4-3-15(29)12-28/h1-2,9-10,15,29H,3-8,11-12H2,(H,24,25). The molecule has 11 heteroatoms. The minimum Gasteiger partial charge on any atom is -0.391 e. The van der Waals surface area contributed by atoms with Crippen molar-refractivity contribution in [2.45, 2.75) is 25.2 Å². The number of rotatable bonds is 4. The number of hydrogen-bond donors (Lipinski definition) is 2. The molecule has 0 aromatic carbocycles. The van der Waals surface area contributed by atoms with Crippen LogP contribution in [0.15, 0.2) is 24.5 Å². The highest BCUT2D eigenvalue weighted by Gasteiger charge is 2.31. The van der Waals surface area contributed by atoms with Crippen LogP contribution in [0.5, 0.6) is 0 Å². The van der Waals surface area contributed by atoms with E-state index in [1.165, 1.54) is 6.07 Å². The fraction of sp³-hybridized carbons (Fsp3) is 0.526. The Morgan fingerprint density at radius 1 is 1.17 bits per heavy atom. The molecule has 2 aliphatic rings. The fourth-order valence-corrected chi connectivity index (χ4v) is 3.82. The summed E-state index contributed by atoms with van der Waals surface area (Å²) in [6, 6.07) is 2.45. The number of aliphatic hydroxyl groups excluding tert-OH is 1. The predicted octanol–water partition coefficient (Wildman–Crippen LogP) is 1.35. The van der Waals surface area contributed by atoms with Crippen LogP contribution in [0, 0.1) is 0 Å². The first-order valence-electron chi connectivity index (χ1n) is 9.81. The number of aromatic nitrogens is 3. The number of nitrogens with one attached hydrogen (secondary N) is 1. The van der Waals surface area contributed by atoms with E-state index in [9.17, 15) is 23.1 Å². The van der Waals surface area contributed by atoms with Gasteiger partial charge in [0.2, 0.25) is 0 Å². The van der Waals surface area contributed by atoms with Crippen LogP contribution in [-0.4, -0.2) is 81.4 Å². The monoisotopic (exact) mass is 424 g/mol. The molecule has 2 fully saturated rings. The molecule has 30 heavy (non-hydrogen) atoms. The van der Waals surface area contributed by atoms with E-state index in [2.05, 4.69) is 20.1 Å². The van der Waals surface area contributed by atoms with Crippen molar-refractivity contribution >= 4 is 11.7 Å². The molecule has 2 aromatic rings. The van der Waals surface area contributed by atoms with E-state index in [1.54, 1.807) is 11.1 Å². The van der Waals surface area contributed by atoms with Crippen molar-refractivity contribution < 1.29 is 23.1 Å². The maximum atomic E-state index is 12.7. The van der Waals surface area contributed by atoms with Crippen LogP contribution < -0.4 is 4.90 Å². The number of anilines is 1. The van der Waals surface area contributed by atoms with Gasteiger partial charge in [-0.25, -0.2) is 4.98 Å². The van der Waals surface area contributed by atoms with Crippen molar-refractivity contribution in [3.05, 3.63) is 41.3 Å². The number of alkyl halides is 3. The minimum absolute atomic E-state index is 0.161. The van der Waals surface area contributed by atoms with Gasteiger partial charge in [0, 0.05) is 57.6 Å². The number of halogens is 3. The maximum Gasteiger partial charge on any atom is 0.417 e. The minimum atomic E-state index is -4.39. The Labute approximate surface area is 171 Å². The molecule has 0 saturated carbocycles. The Morgan fingerprint density at radius 2 is 1.93 bits per heavy atom. The molecule has 0 spiro atoms. The average Bonchev–Trinajstić information content (AvgIpc) is 3.36. The quantitative estimate of drug-likeness (QED) is 0.771. The van der Waals surface area contributed by atoms with Crippen molar-refractivity contribution in [1.82, 2.24) is 25.0 Å². The first kappa shape index (κ1) is 20.6. The summed E-state index contributed by atoms with van der Waals surface area (Å²) in [5.74, 6) is 0.362. The molecule has 2 aliphatic heterocycles. The van der Waals surface area contributed by atoms with Crippen molar-refractivity contribution in [3.63, 3.8) is 0 Å². The van der Waals surface area contributed by atoms with E-state index in [0.717, 1.165) is 17.8 Å². The van der Waals surface area contributed by atoms with Crippen molar-refractivity contribution in [1.29, 1.82) is 0 Å². The highest BCUT2D eigenvalue weighted by Crippen LogP contribution is 2.29. The Morgan fingerprint density at radius 3 is 2.53 bits per heavy atom. The van der Waals surface area contributed by atoms with Gasteiger partial charge in [0.1, 0.15) is 11.5 Å². The van der Waals surface area contributed by atoms with Crippen molar-refractivity contribution in [2.24, 2.45) is 0 Å². The number of β-amino-alcohol motifs (C(OH)–C–C–N with tert-alkyl or cyclic N) is 1. The molecule has 1 amide bonds. The first-order chi connectivity index (χ1) is 14.3. The molecular weight excluding hydrogens is 401 g/mol. The summed E-state index contributed by atoms with van der Waals surface area (Å²) in [7, 11) is 0. The zero-order valence-electron chi connectivity index (χ0n) is 16.3. The second kappa shape index (κ2) is 8.23. The number of likely N-dealkylation sites (tertiary alicyclic amines) is 1. The third-order valence-electron chi connectivity index (χ3n) is 5.55. The fourth-order valence-electron chi connectivity index (χ4n) is 3.82. The van der Waals surface area contributed by atoms with Gasteiger partial charge in [0.15, 0.2) is 0 Å². The molecule has 4 rings (SSSR count). The van der Waals surface area contributed by atoms with Crippen LogP contribution in [0.1, 0.15) is 28.0 Å². The third-order valence-corrected chi connectivity index (χ3v) is 5.55. The molecule has 0 aliphatic carbocycles. The number of nitrogens with zero attached hydrogens (tertiary/aromatic N) is 5. The number of hydrogen-bond acceptors (Lipinski definition) is 6. The lowest BCUT2D eigenvalue weighted by molar-refractivity contribution is -0.137. The second-order valence-corrected chi connectivity index (χ2v) is 7.63. The van der Waals surface area contributed by atoms with E-state index >= 15 is 0 Å². The number of amides is 1. The Kier molecular flexibility index (Phi) is 5.65. The number of pyridine rings is 1. The molecular formula is C19H23F3N6O2. The molecule has 1 atom stereocenters. The summed E-state index contributed by atoms with van der Waals surface area (Å²) >= 11 is 0. The largest absolute Gasteiger partial charge is 0.417 e. The van der Waals surface area contributed by atoms with Crippen molar-refractivity contribution in [2.75, 3.05) is 44.2 Å². The summed E-state index contributed by atoms with van der Waals surface area (Å²) in [6.45, 7) is 4.01. The van der Waals surface area contributed by atoms with Crippen LogP contribution in [0.25, 0.3) is 0 Å². The molecule has 2 N–H and O–H groups in total. The van der Waals surface area contributed by atoms with Gasteiger partial charge < -0.3 is 14.9 Å². The summed E-state index contributed by atoms with van der Waals surface area (Å²) in [5.41, 5.74) is 0.478. The van der Waals surface area contributed by atoms with E-state index in [4.69, 9.17) is 0 Å². The number of aliphatic hydroxyl groups is 1. The predicted molar refractivity (Wildman–Crippen MR) is 102 cm³/mol. The molecule has 0 radical (unpaired) electrons. The zero-order chi connectivity index (χ0) is 21.3. The second-order valence-electron chi connectivity index (χ2n) is 7.63. The van der Waals surface area contributed by atoms with Crippen LogP contribution in [-0.2, 0) is 12.7 Å². The summed E-state index contributed by atoms with van der Waals surface area (Å²) in [5, 5.41) is 16.4. The lowest BCUT2D eigenvalue weighted by atomic mass is 10.2. The first-order valence-corrected chi connectivity index (χ1v) is 9.81. The molecule has 0 bridgehead atoms. The highest BCUT2D eigenvalue weighted by molar-refractivity contribution is 5.93. The normalized spacial score (nSPS) is 20.7. The molecule has 1 unspecified atom stereocenters. The van der Waals surface area contributed by atoms with Crippen LogP contribution in [0.2, 0.25) is 0 Å². The van der Waals surface area contributed by atoms with E-state index in [1.807, 2.05) is 4.90 Å². The van der Waals surface area contributed by atoms with Gasteiger partial charge in [-0.3, -0.25) is 14.8 Å². The smallest absolute Gasteiger partial charge is 0.391 e. The maximum absolute atomic E-state index is 12.7. The highest BCUT2D eigenvalue weighted by atomic mass is 19.4. The van der Waals surface area contributed by atoms with Gasteiger partial charge >= 0.3 is 6.18 Å². The van der Waals surface area contributed by atoms with Crippen molar-refractivity contribution in [3.8, 4) is 0 Å². The number of piperazine rings is 1. The number of H-pyrrole nitrogens is 1. The topological polar surface area (TPSA) is 88.6 Å². The summed E-state index contributed by atoms with van der Waals surface area (Å²) in [4.78, 5) is 22.4. The van der Waals surface area contributed by atoms with E-state index < -0.39 is 17.8 Å². The lowest BCUT2D eigenvalue weighted by Crippen LogP contribution is -2.46. The van der Waals surface area contributed by atoms with Crippen LogP contribution in [0.3, 0.4) is 0 Å². The Balaban J connectivity index is 1.34. The van der Waals surface area contributed by atoms with E-state index in [-0.39, 0.29) is 5.91 Å². The number of carbonyl (C=O) groups excluding carboxylic acids is 1. The lowest BCUT2D eigenvalue weighted by Gasteiger charge is -2.35. The molecule has 8 nitrogen and oxygen atoms in total.